The number of hydrogen-bond acceptors (Lipinski definition) is 7. The van der Waals surface area contributed by atoms with Crippen LogP contribution >= 0.6 is 0 Å². The fraction of sp³-hybridized carbons (Fsp3) is 0.483. The minimum Gasteiger partial charge on any atom is -0.469 e. The molecule has 1 N–H and O–H groups in total. The van der Waals surface area contributed by atoms with Gasteiger partial charge in [-0.25, -0.2) is 4.98 Å². The smallest absolute Gasteiger partial charge is 0.306 e. The van der Waals surface area contributed by atoms with Crippen molar-refractivity contribution in [3.8, 4) is 23.2 Å². The summed E-state index contributed by atoms with van der Waals surface area (Å²) in [6, 6.07) is 10.00. The van der Waals surface area contributed by atoms with Crippen LogP contribution in [0.4, 0.5) is 0 Å². The lowest BCUT2D eigenvalue weighted by Crippen LogP contribution is -2.47. The van der Waals surface area contributed by atoms with Crippen molar-refractivity contribution in [2.45, 2.75) is 51.7 Å². The normalized spacial score (nSPS) is 18.1. The largest absolute Gasteiger partial charge is 0.469 e. The number of carbonyl (C=O) groups excluding carboxylic acids is 1. The number of nitrogens with zero attached hydrogens (tertiary/aromatic N) is 4. The second-order valence-electron chi connectivity index (χ2n) is 10.4. The second kappa shape index (κ2) is 10.9. The molecule has 5 rings (SSSR count). The zero-order valence-electron chi connectivity index (χ0n) is 21.5. The van der Waals surface area contributed by atoms with Crippen molar-refractivity contribution in [2.24, 2.45) is 11.3 Å². The Balaban J connectivity index is 1.11. The van der Waals surface area contributed by atoms with E-state index >= 15 is 0 Å². The molecule has 1 aliphatic carbocycles. The van der Waals surface area contributed by atoms with Gasteiger partial charge in [-0.15, -0.1) is 0 Å². The number of methoxy groups -OCH3 is 1. The highest BCUT2D eigenvalue weighted by Crippen LogP contribution is 2.52. The molecule has 8 nitrogen and oxygen atoms in total. The molecular weight excluding hydrogens is 468 g/mol. The number of esters is 1. The minimum atomic E-state index is -0.641. The number of imidazole rings is 1. The summed E-state index contributed by atoms with van der Waals surface area (Å²) in [5.74, 6) is 8.47. The highest BCUT2D eigenvalue weighted by molar-refractivity contribution is 5.69. The molecule has 0 unspecified atom stereocenters. The number of rotatable bonds is 7. The molecule has 194 valence electrons. The fourth-order valence-electron chi connectivity index (χ4n) is 5.52. The van der Waals surface area contributed by atoms with Crippen LogP contribution in [-0.4, -0.2) is 57.4 Å². The zero-order valence-corrected chi connectivity index (χ0v) is 21.5. The quantitative estimate of drug-likeness (QED) is 0.385. The first-order valence-corrected chi connectivity index (χ1v) is 13.0. The van der Waals surface area contributed by atoms with E-state index in [-0.39, 0.29) is 5.97 Å². The summed E-state index contributed by atoms with van der Waals surface area (Å²) in [7, 11) is 1.45. The molecule has 3 aromatic rings. The lowest BCUT2D eigenvalue weighted by molar-refractivity contribution is -0.141. The van der Waals surface area contributed by atoms with Crippen LogP contribution in [0, 0.1) is 23.2 Å². The minimum absolute atomic E-state index is 0.129. The Morgan fingerprint density at radius 3 is 2.73 bits per heavy atom. The van der Waals surface area contributed by atoms with Gasteiger partial charge >= 0.3 is 5.97 Å². The SMILES string of the molecule is COC(=O)CCN1CCC2(CC1)CC(C#Cc1ccc(-c3cc(Cn4ccnc4[C@H](C)O)no3)cc1)C2. The molecule has 1 aromatic carbocycles. The summed E-state index contributed by atoms with van der Waals surface area (Å²) >= 11 is 0. The van der Waals surface area contributed by atoms with E-state index in [1.807, 2.05) is 41.1 Å². The number of aliphatic hydroxyl groups is 1. The summed E-state index contributed by atoms with van der Waals surface area (Å²) in [5, 5.41) is 14.0. The fourth-order valence-corrected chi connectivity index (χ4v) is 5.52. The van der Waals surface area contributed by atoms with Crippen LogP contribution in [0.25, 0.3) is 11.3 Å². The Labute approximate surface area is 217 Å². The van der Waals surface area contributed by atoms with Gasteiger partial charge in [0, 0.05) is 42.0 Å². The first kappa shape index (κ1) is 25.2. The third-order valence-electron chi connectivity index (χ3n) is 7.74. The van der Waals surface area contributed by atoms with Crippen LogP contribution < -0.4 is 0 Å². The van der Waals surface area contributed by atoms with E-state index in [0.29, 0.717) is 35.9 Å². The molecule has 2 aliphatic rings. The maximum Gasteiger partial charge on any atom is 0.306 e. The molecular formula is C29H34N4O4. The van der Waals surface area contributed by atoms with Crippen molar-refractivity contribution < 1.29 is 19.2 Å². The van der Waals surface area contributed by atoms with Gasteiger partial charge in [-0.05, 0) is 75.4 Å². The molecule has 8 heteroatoms. The van der Waals surface area contributed by atoms with E-state index in [0.717, 1.165) is 36.5 Å². The van der Waals surface area contributed by atoms with Gasteiger partial charge in [0.25, 0.3) is 0 Å². The van der Waals surface area contributed by atoms with Gasteiger partial charge in [-0.1, -0.05) is 17.0 Å². The zero-order chi connectivity index (χ0) is 25.8. The first-order chi connectivity index (χ1) is 17.9. The van der Waals surface area contributed by atoms with E-state index in [4.69, 9.17) is 9.26 Å². The maximum atomic E-state index is 11.4. The van der Waals surface area contributed by atoms with Crippen LogP contribution in [0.5, 0.6) is 0 Å². The number of aromatic nitrogens is 3. The lowest BCUT2D eigenvalue weighted by atomic mass is 9.58. The van der Waals surface area contributed by atoms with Gasteiger partial charge in [-0.3, -0.25) is 4.79 Å². The molecule has 2 fully saturated rings. The molecule has 37 heavy (non-hydrogen) atoms. The Bertz CT molecular complexity index is 1260. The third kappa shape index (κ3) is 5.95. The Hall–Kier alpha value is -3.41. The van der Waals surface area contributed by atoms with Gasteiger partial charge in [0.2, 0.25) is 0 Å². The standard InChI is InChI=1S/C29H34N4O4/c1-21(34)28-30-12-16-33(28)20-25-17-26(37-31-25)24-7-5-22(6-8-24)3-4-23-18-29(19-23)10-14-32(15-11-29)13-9-27(35)36-2/h5-8,12,16-17,21,23,34H,9-11,13-15,18-20H2,1-2H3/t21-/m0/s1. The average molecular weight is 503 g/mol. The molecule has 1 spiro atoms. The van der Waals surface area contributed by atoms with Crippen molar-refractivity contribution in [1.29, 1.82) is 0 Å². The highest BCUT2D eigenvalue weighted by atomic mass is 16.5. The molecule has 0 radical (unpaired) electrons. The molecule has 0 amide bonds. The van der Waals surface area contributed by atoms with Gasteiger partial charge in [0.15, 0.2) is 5.76 Å². The molecule has 0 bridgehead atoms. The van der Waals surface area contributed by atoms with Crippen LogP contribution in [0.1, 0.15) is 62.2 Å². The topological polar surface area (TPSA) is 93.6 Å². The highest BCUT2D eigenvalue weighted by Gasteiger charge is 2.45. The van der Waals surface area contributed by atoms with Crippen LogP contribution in [-0.2, 0) is 16.1 Å². The molecule has 3 heterocycles. The first-order valence-electron chi connectivity index (χ1n) is 13.0. The van der Waals surface area contributed by atoms with Gasteiger partial charge in [-0.2, -0.15) is 0 Å². The summed E-state index contributed by atoms with van der Waals surface area (Å²) in [5.41, 5.74) is 3.17. The molecule has 1 saturated carbocycles. The van der Waals surface area contributed by atoms with Gasteiger partial charge in [0.1, 0.15) is 17.6 Å². The van der Waals surface area contributed by atoms with Crippen molar-refractivity contribution in [3.63, 3.8) is 0 Å². The number of ether oxygens (including phenoxy) is 1. The van der Waals surface area contributed by atoms with E-state index < -0.39 is 6.10 Å². The summed E-state index contributed by atoms with van der Waals surface area (Å²) in [6.45, 7) is 5.10. The van der Waals surface area contributed by atoms with E-state index in [1.54, 1.807) is 13.1 Å². The van der Waals surface area contributed by atoms with Crippen LogP contribution in [0.3, 0.4) is 0 Å². The lowest BCUT2D eigenvalue weighted by Gasteiger charge is -2.51. The Morgan fingerprint density at radius 1 is 1.27 bits per heavy atom. The maximum absolute atomic E-state index is 11.4. The van der Waals surface area contributed by atoms with Crippen LogP contribution in [0.2, 0.25) is 0 Å². The van der Waals surface area contributed by atoms with Crippen molar-refractivity contribution >= 4 is 5.97 Å². The number of aliphatic hydroxyl groups excluding tert-OH is 1. The number of benzene rings is 1. The number of carbonyl (C=O) groups is 1. The number of hydrogen-bond donors (Lipinski definition) is 1. The third-order valence-corrected chi connectivity index (χ3v) is 7.74. The molecule has 1 atom stereocenters. The molecule has 1 saturated heterocycles. The van der Waals surface area contributed by atoms with Crippen molar-refractivity contribution in [1.82, 2.24) is 19.6 Å². The monoisotopic (exact) mass is 502 g/mol. The van der Waals surface area contributed by atoms with Gasteiger partial charge in [0.05, 0.1) is 20.1 Å². The molecule has 2 aromatic heterocycles. The van der Waals surface area contributed by atoms with Crippen molar-refractivity contribution in [3.05, 3.63) is 59.8 Å². The Morgan fingerprint density at radius 2 is 2.03 bits per heavy atom. The predicted molar refractivity (Wildman–Crippen MR) is 138 cm³/mol. The molecule has 1 aliphatic heterocycles. The number of likely N-dealkylation sites (tertiary alicyclic amines) is 1. The number of piperidine rings is 1. The summed E-state index contributed by atoms with van der Waals surface area (Å²) in [6.07, 6.45) is 8.08. The average Bonchev–Trinajstić information content (AvgIpc) is 3.56. The van der Waals surface area contributed by atoms with E-state index in [2.05, 4.69) is 26.9 Å². The van der Waals surface area contributed by atoms with Gasteiger partial charge < -0.3 is 23.8 Å². The van der Waals surface area contributed by atoms with E-state index in [9.17, 15) is 9.90 Å². The van der Waals surface area contributed by atoms with E-state index in [1.165, 1.54) is 32.8 Å². The van der Waals surface area contributed by atoms with Crippen molar-refractivity contribution in [2.75, 3.05) is 26.7 Å². The van der Waals surface area contributed by atoms with Crippen LogP contribution in [0.15, 0.2) is 47.2 Å². The summed E-state index contributed by atoms with van der Waals surface area (Å²) < 4.78 is 12.2. The summed E-state index contributed by atoms with van der Waals surface area (Å²) in [4.78, 5) is 17.9. The Kier molecular flexibility index (Phi) is 7.45. The second-order valence-corrected chi connectivity index (χ2v) is 10.4. The predicted octanol–water partition coefficient (Wildman–Crippen LogP) is 4.05.